The minimum absolute atomic E-state index is 0.0870. The molecule has 1 N–H and O–H groups in total. The Morgan fingerprint density at radius 2 is 1.89 bits per heavy atom. The summed E-state index contributed by atoms with van der Waals surface area (Å²) in [5.74, 6) is 0.882. The van der Waals surface area contributed by atoms with Gasteiger partial charge in [0.1, 0.15) is 5.82 Å². The second-order valence-electron chi connectivity index (χ2n) is 4.49. The third kappa shape index (κ3) is 4.23. The molecule has 0 saturated carbocycles. The van der Waals surface area contributed by atoms with Gasteiger partial charge in [-0.15, -0.1) is 0 Å². The highest BCUT2D eigenvalue weighted by atomic mass is 16.2. The van der Waals surface area contributed by atoms with E-state index in [-0.39, 0.29) is 5.91 Å². The van der Waals surface area contributed by atoms with Crippen LogP contribution in [-0.4, -0.2) is 35.4 Å². The summed E-state index contributed by atoms with van der Waals surface area (Å²) in [5.41, 5.74) is 1.72. The number of pyridine rings is 1. The molecule has 0 aromatic carbocycles. The Kier molecular flexibility index (Phi) is 6.33. The number of carbonyl (C=O) groups is 1. The molecule has 1 rings (SSSR count). The smallest absolute Gasteiger partial charge is 0.254 e. The first-order valence-electron chi connectivity index (χ1n) is 7.20. The van der Waals surface area contributed by atoms with E-state index >= 15 is 0 Å². The van der Waals surface area contributed by atoms with Gasteiger partial charge in [0.2, 0.25) is 0 Å². The number of nitrogens with one attached hydrogen (secondary N) is 1. The summed E-state index contributed by atoms with van der Waals surface area (Å²) in [4.78, 5) is 18.7. The van der Waals surface area contributed by atoms with E-state index in [1.807, 2.05) is 37.8 Å². The molecule has 0 radical (unpaired) electrons. The Morgan fingerprint density at radius 3 is 2.42 bits per heavy atom. The number of hydrogen-bond donors (Lipinski definition) is 1. The van der Waals surface area contributed by atoms with Crippen molar-refractivity contribution in [2.45, 2.75) is 40.5 Å². The van der Waals surface area contributed by atoms with Gasteiger partial charge in [0.05, 0.1) is 0 Å². The summed E-state index contributed by atoms with van der Waals surface area (Å²) < 4.78 is 0. The van der Waals surface area contributed by atoms with Gasteiger partial charge in [-0.2, -0.15) is 0 Å². The summed E-state index contributed by atoms with van der Waals surface area (Å²) in [6.07, 6.45) is 1.93. The summed E-state index contributed by atoms with van der Waals surface area (Å²) in [6, 6.07) is 3.77. The number of anilines is 1. The Bertz CT molecular complexity index is 390. The van der Waals surface area contributed by atoms with Gasteiger partial charge in [-0.1, -0.05) is 13.3 Å². The van der Waals surface area contributed by atoms with Crippen molar-refractivity contribution >= 4 is 11.7 Å². The molecule has 0 unspecified atom stereocenters. The monoisotopic (exact) mass is 263 g/mol. The predicted octanol–water partition coefficient (Wildman–Crippen LogP) is 2.95. The molecular weight excluding hydrogens is 238 g/mol. The van der Waals surface area contributed by atoms with Gasteiger partial charge in [0, 0.05) is 30.9 Å². The molecule has 0 spiro atoms. The van der Waals surface area contributed by atoms with Crippen LogP contribution in [0.25, 0.3) is 0 Å². The maximum atomic E-state index is 12.4. The van der Waals surface area contributed by atoms with Crippen LogP contribution >= 0.6 is 0 Å². The van der Waals surface area contributed by atoms with Crippen LogP contribution in [0.1, 0.15) is 50.2 Å². The molecule has 106 valence electrons. The van der Waals surface area contributed by atoms with Crippen LogP contribution < -0.4 is 5.32 Å². The van der Waals surface area contributed by atoms with E-state index in [0.717, 1.165) is 49.6 Å². The lowest BCUT2D eigenvalue weighted by atomic mass is 10.1. The van der Waals surface area contributed by atoms with Crippen LogP contribution in [0.5, 0.6) is 0 Å². The van der Waals surface area contributed by atoms with Crippen molar-refractivity contribution in [3.63, 3.8) is 0 Å². The molecule has 0 aliphatic heterocycles. The van der Waals surface area contributed by atoms with Crippen molar-refractivity contribution < 1.29 is 4.79 Å². The maximum Gasteiger partial charge on any atom is 0.254 e. The minimum Gasteiger partial charge on any atom is -0.370 e. The number of nitrogens with zero attached hydrogens (tertiary/aromatic N) is 2. The number of rotatable bonds is 7. The van der Waals surface area contributed by atoms with Gasteiger partial charge < -0.3 is 10.2 Å². The SMILES string of the molecule is CCCc1cc(C(=O)N(CC)CC)cc(NCC)n1. The van der Waals surface area contributed by atoms with E-state index in [4.69, 9.17) is 0 Å². The molecule has 0 saturated heterocycles. The van der Waals surface area contributed by atoms with E-state index in [0.29, 0.717) is 0 Å². The highest BCUT2D eigenvalue weighted by Gasteiger charge is 2.14. The normalized spacial score (nSPS) is 10.3. The Balaban J connectivity index is 3.07. The molecule has 0 aliphatic rings. The van der Waals surface area contributed by atoms with Crippen LogP contribution in [0.4, 0.5) is 5.82 Å². The topological polar surface area (TPSA) is 45.2 Å². The number of amides is 1. The maximum absolute atomic E-state index is 12.4. The third-order valence-corrected chi connectivity index (χ3v) is 3.04. The molecule has 1 amide bonds. The average Bonchev–Trinajstić information content (AvgIpc) is 2.40. The van der Waals surface area contributed by atoms with E-state index < -0.39 is 0 Å². The second kappa shape index (κ2) is 7.77. The second-order valence-corrected chi connectivity index (χ2v) is 4.49. The van der Waals surface area contributed by atoms with E-state index in [1.165, 1.54) is 0 Å². The zero-order valence-electron chi connectivity index (χ0n) is 12.5. The summed E-state index contributed by atoms with van der Waals surface area (Å²) in [6.45, 7) is 10.4. The van der Waals surface area contributed by atoms with Crippen molar-refractivity contribution in [1.82, 2.24) is 9.88 Å². The van der Waals surface area contributed by atoms with Crippen molar-refractivity contribution in [1.29, 1.82) is 0 Å². The molecular formula is C15H25N3O. The Morgan fingerprint density at radius 1 is 1.21 bits per heavy atom. The van der Waals surface area contributed by atoms with Crippen LogP contribution in [-0.2, 0) is 6.42 Å². The summed E-state index contributed by atoms with van der Waals surface area (Å²) in [5, 5.41) is 3.19. The molecule has 0 fully saturated rings. The zero-order valence-corrected chi connectivity index (χ0v) is 12.5. The van der Waals surface area contributed by atoms with Crippen LogP contribution in [0.3, 0.4) is 0 Å². The molecule has 1 aromatic heterocycles. The van der Waals surface area contributed by atoms with Crippen LogP contribution in [0, 0.1) is 0 Å². The predicted molar refractivity (Wildman–Crippen MR) is 79.6 cm³/mol. The zero-order chi connectivity index (χ0) is 14.3. The van der Waals surface area contributed by atoms with Crippen molar-refractivity contribution in [3.8, 4) is 0 Å². The summed E-state index contributed by atoms with van der Waals surface area (Å²) in [7, 11) is 0. The lowest BCUT2D eigenvalue weighted by Gasteiger charge is -2.19. The minimum atomic E-state index is 0.0870. The lowest BCUT2D eigenvalue weighted by Crippen LogP contribution is -2.30. The molecule has 19 heavy (non-hydrogen) atoms. The fourth-order valence-corrected chi connectivity index (χ4v) is 2.06. The summed E-state index contributed by atoms with van der Waals surface area (Å²) >= 11 is 0. The Hall–Kier alpha value is -1.58. The number of carbonyl (C=O) groups excluding carboxylic acids is 1. The Labute approximate surface area is 116 Å². The number of aromatic nitrogens is 1. The first kappa shape index (κ1) is 15.5. The molecule has 1 heterocycles. The van der Waals surface area contributed by atoms with Crippen LogP contribution in [0.15, 0.2) is 12.1 Å². The molecule has 0 atom stereocenters. The van der Waals surface area contributed by atoms with E-state index in [2.05, 4.69) is 17.2 Å². The van der Waals surface area contributed by atoms with Crippen molar-refractivity contribution in [2.75, 3.05) is 25.0 Å². The van der Waals surface area contributed by atoms with Gasteiger partial charge in [-0.3, -0.25) is 4.79 Å². The lowest BCUT2D eigenvalue weighted by molar-refractivity contribution is 0.0773. The van der Waals surface area contributed by atoms with Gasteiger partial charge in [-0.05, 0) is 39.3 Å². The van der Waals surface area contributed by atoms with E-state index in [1.54, 1.807) is 0 Å². The third-order valence-electron chi connectivity index (χ3n) is 3.04. The van der Waals surface area contributed by atoms with Crippen molar-refractivity contribution in [3.05, 3.63) is 23.4 Å². The average molecular weight is 263 g/mol. The quantitative estimate of drug-likeness (QED) is 0.822. The van der Waals surface area contributed by atoms with E-state index in [9.17, 15) is 4.79 Å². The number of hydrogen-bond acceptors (Lipinski definition) is 3. The first-order valence-corrected chi connectivity index (χ1v) is 7.20. The van der Waals surface area contributed by atoms with Gasteiger partial charge in [0.25, 0.3) is 5.91 Å². The fourth-order valence-electron chi connectivity index (χ4n) is 2.06. The highest BCUT2D eigenvalue weighted by molar-refractivity contribution is 5.95. The molecule has 0 aliphatic carbocycles. The highest BCUT2D eigenvalue weighted by Crippen LogP contribution is 2.14. The van der Waals surface area contributed by atoms with Crippen molar-refractivity contribution in [2.24, 2.45) is 0 Å². The van der Waals surface area contributed by atoms with Gasteiger partial charge >= 0.3 is 0 Å². The van der Waals surface area contributed by atoms with Gasteiger partial charge in [-0.25, -0.2) is 4.98 Å². The standard InChI is InChI=1S/C15H25N3O/c1-5-9-13-10-12(11-14(17-13)16-6-2)15(19)18(7-3)8-4/h10-11H,5-9H2,1-4H3,(H,16,17). The number of aryl methyl sites for hydroxylation is 1. The largest absolute Gasteiger partial charge is 0.370 e. The fraction of sp³-hybridized carbons (Fsp3) is 0.600. The molecule has 0 bridgehead atoms. The van der Waals surface area contributed by atoms with Gasteiger partial charge in [0.15, 0.2) is 0 Å². The van der Waals surface area contributed by atoms with Crippen LogP contribution in [0.2, 0.25) is 0 Å². The molecule has 4 nitrogen and oxygen atoms in total. The molecule has 1 aromatic rings. The first-order chi connectivity index (χ1) is 9.15. The molecule has 4 heteroatoms.